The fourth-order valence-corrected chi connectivity index (χ4v) is 3.65. The smallest absolute Gasteiger partial charge is 0.410 e. The predicted molar refractivity (Wildman–Crippen MR) is 67.7 cm³/mol. The molecule has 2 aliphatic heterocycles. The Labute approximate surface area is 111 Å². The number of fused-ring (bicyclic) bond motifs is 2. The molecular formula is C13H15ClN2O2. The molecule has 0 radical (unpaired) electrons. The van der Waals surface area contributed by atoms with E-state index in [-0.39, 0.29) is 12.1 Å². The van der Waals surface area contributed by atoms with Gasteiger partial charge in [-0.15, -0.1) is 0 Å². The van der Waals surface area contributed by atoms with Gasteiger partial charge in [0.25, 0.3) is 0 Å². The maximum absolute atomic E-state index is 11.8. The van der Waals surface area contributed by atoms with Crippen molar-refractivity contribution in [2.24, 2.45) is 0 Å². The van der Waals surface area contributed by atoms with E-state index in [0.29, 0.717) is 17.1 Å². The summed E-state index contributed by atoms with van der Waals surface area (Å²) >= 11 is 6.16. The second-order valence-electron chi connectivity index (χ2n) is 4.90. The van der Waals surface area contributed by atoms with Crippen LogP contribution in [0, 0.1) is 0 Å². The first kappa shape index (κ1) is 11.8. The first-order valence-electron chi connectivity index (χ1n) is 6.19. The molecule has 2 fully saturated rings. The van der Waals surface area contributed by atoms with Gasteiger partial charge in [0, 0.05) is 24.2 Å². The van der Waals surface area contributed by atoms with Crippen molar-refractivity contribution in [1.82, 2.24) is 9.88 Å². The number of rotatable bonds is 1. The van der Waals surface area contributed by atoms with Crippen molar-refractivity contribution in [3.8, 4) is 0 Å². The molecule has 96 valence electrons. The molecule has 0 spiro atoms. The fourth-order valence-electron chi connectivity index (χ4n) is 3.39. The van der Waals surface area contributed by atoms with Crippen LogP contribution in [-0.4, -0.2) is 35.2 Å². The minimum absolute atomic E-state index is 0.212. The SMILES string of the molecule is COC(=O)N1C2CCC1C(c1cccnc1Cl)C2. The highest BCUT2D eigenvalue weighted by atomic mass is 35.5. The molecule has 2 bridgehead atoms. The number of pyridine rings is 1. The van der Waals surface area contributed by atoms with E-state index in [2.05, 4.69) is 4.98 Å². The molecule has 3 heterocycles. The van der Waals surface area contributed by atoms with Gasteiger partial charge in [-0.3, -0.25) is 0 Å². The van der Waals surface area contributed by atoms with E-state index in [9.17, 15) is 4.79 Å². The number of carbonyl (C=O) groups excluding carboxylic acids is 1. The van der Waals surface area contributed by atoms with Crippen LogP contribution in [0.25, 0.3) is 0 Å². The van der Waals surface area contributed by atoms with Crippen LogP contribution in [0.3, 0.4) is 0 Å². The molecule has 4 nitrogen and oxygen atoms in total. The highest BCUT2D eigenvalue weighted by molar-refractivity contribution is 6.30. The summed E-state index contributed by atoms with van der Waals surface area (Å²) < 4.78 is 4.87. The molecule has 1 aromatic rings. The van der Waals surface area contributed by atoms with Crippen LogP contribution in [0.5, 0.6) is 0 Å². The van der Waals surface area contributed by atoms with Crippen LogP contribution in [0.1, 0.15) is 30.7 Å². The number of carbonyl (C=O) groups is 1. The molecule has 0 saturated carbocycles. The molecule has 2 saturated heterocycles. The van der Waals surface area contributed by atoms with Crippen molar-refractivity contribution in [2.45, 2.75) is 37.3 Å². The predicted octanol–water partition coefficient (Wildman–Crippen LogP) is 2.82. The van der Waals surface area contributed by atoms with Crippen molar-refractivity contribution in [3.05, 3.63) is 29.0 Å². The highest BCUT2D eigenvalue weighted by Crippen LogP contribution is 2.48. The zero-order valence-electron chi connectivity index (χ0n) is 10.2. The standard InChI is InChI=1S/C13H15ClN2O2/c1-18-13(17)16-8-4-5-11(16)10(7-8)9-3-2-6-15-12(9)14/h2-3,6,8,10-11H,4-5,7H2,1H3. The van der Waals surface area contributed by atoms with Gasteiger partial charge in [-0.1, -0.05) is 17.7 Å². The number of amides is 1. The first-order chi connectivity index (χ1) is 8.72. The molecule has 1 amide bonds. The summed E-state index contributed by atoms with van der Waals surface area (Å²) in [5.74, 6) is 0.295. The van der Waals surface area contributed by atoms with Crippen LogP contribution in [0.4, 0.5) is 4.79 Å². The van der Waals surface area contributed by atoms with Crippen LogP contribution in [-0.2, 0) is 4.74 Å². The topological polar surface area (TPSA) is 42.4 Å². The Balaban J connectivity index is 1.90. The van der Waals surface area contributed by atoms with Crippen molar-refractivity contribution >= 4 is 17.7 Å². The summed E-state index contributed by atoms with van der Waals surface area (Å²) in [5.41, 5.74) is 1.06. The minimum atomic E-state index is -0.218. The third kappa shape index (κ3) is 1.67. The van der Waals surface area contributed by atoms with Crippen molar-refractivity contribution in [3.63, 3.8) is 0 Å². The number of methoxy groups -OCH3 is 1. The molecule has 3 rings (SSSR count). The number of halogens is 1. The molecule has 2 aliphatic rings. The molecule has 18 heavy (non-hydrogen) atoms. The first-order valence-corrected chi connectivity index (χ1v) is 6.57. The maximum atomic E-state index is 11.8. The van der Waals surface area contributed by atoms with Crippen LogP contribution in [0.2, 0.25) is 5.15 Å². The van der Waals surface area contributed by atoms with Crippen molar-refractivity contribution in [1.29, 1.82) is 0 Å². The van der Waals surface area contributed by atoms with E-state index in [1.165, 1.54) is 7.11 Å². The average molecular weight is 267 g/mol. The van der Waals surface area contributed by atoms with E-state index in [4.69, 9.17) is 16.3 Å². The van der Waals surface area contributed by atoms with Crippen molar-refractivity contribution < 1.29 is 9.53 Å². The van der Waals surface area contributed by atoms with Gasteiger partial charge in [-0.2, -0.15) is 0 Å². The Morgan fingerprint density at radius 1 is 1.56 bits per heavy atom. The Kier molecular flexibility index (Phi) is 2.90. The van der Waals surface area contributed by atoms with Gasteiger partial charge in [0.05, 0.1) is 7.11 Å². The number of aromatic nitrogens is 1. The third-order valence-electron chi connectivity index (χ3n) is 4.11. The Bertz CT molecular complexity index is 480. The lowest BCUT2D eigenvalue weighted by molar-refractivity contribution is 0.116. The molecular weight excluding hydrogens is 252 g/mol. The minimum Gasteiger partial charge on any atom is -0.453 e. The molecule has 0 aliphatic carbocycles. The van der Waals surface area contributed by atoms with Crippen molar-refractivity contribution in [2.75, 3.05) is 7.11 Å². The van der Waals surface area contributed by atoms with Gasteiger partial charge in [0.1, 0.15) is 5.15 Å². The molecule has 3 atom stereocenters. The summed E-state index contributed by atoms with van der Waals surface area (Å²) in [6.07, 6.45) is 4.52. The Hall–Kier alpha value is -1.29. The van der Waals surface area contributed by atoms with E-state index in [1.807, 2.05) is 17.0 Å². The average Bonchev–Trinajstić information content (AvgIpc) is 2.96. The molecule has 3 unspecified atom stereocenters. The molecule has 0 aromatic carbocycles. The van der Waals surface area contributed by atoms with Gasteiger partial charge in [-0.05, 0) is 30.9 Å². The lowest BCUT2D eigenvalue weighted by atomic mass is 9.84. The maximum Gasteiger partial charge on any atom is 0.410 e. The largest absolute Gasteiger partial charge is 0.453 e. The van der Waals surface area contributed by atoms with E-state index < -0.39 is 0 Å². The zero-order valence-corrected chi connectivity index (χ0v) is 10.9. The number of hydrogen-bond donors (Lipinski definition) is 0. The molecule has 0 N–H and O–H groups in total. The van der Waals surface area contributed by atoms with E-state index >= 15 is 0 Å². The molecule has 5 heteroatoms. The van der Waals surface area contributed by atoms with Gasteiger partial charge in [0.15, 0.2) is 0 Å². The second kappa shape index (κ2) is 4.43. The summed E-state index contributed by atoms with van der Waals surface area (Å²) in [5, 5.41) is 0.555. The Morgan fingerprint density at radius 2 is 2.39 bits per heavy atom. The zero-order chi connectivity index (χ0) is 12.7. The summed E-state index contributed by atoms with van der Waals surface area (Å²) in [6, 6.07) is 4.42. The lowest BCUT2D eigenvalue weighted by Crippen LogP contribution is -2.36. The summed E-state index contributed by atoms with van der Waals surface area (Å²) in [4.78, 5) is 17.8. The van der Waals surface area contributed by atoms with Gasteiger partial charge < -0.3 is 9.64 Å². The van der Waals surface area contributed by atoms with Gasteiger partial charge in [-0.25, -0.2) is 9.78 Å². The normalized spacial score (nSPS) is 29.7. The number of hydrogen-bond acceptors (Lipinski definition) is 3. The van der Waals surface area contributed by atoms with E-state index in [0.717, 1.165) is 24.8 Å². The van der Waals surface area contributed by atoms with Crippen LogP contribution in [0.15, 0.2) is 18.3 Å². The summed E-state index contributed by atoms with van der Waals surface area (Å²) in [7, 11) is 1.44. The molecule has 1 aromatic heterocycles. The monoisotopic (exact) mass is 266 g/mol. The number of nitrogens with zero attached hydrogens (tertiary/aromatic N) is 2. The fraction of sp³-hybridized carbons (Fsp3) is 0.538. The second-order valence-corrected chi connectivity index (χ2v) is 5.26. The lowest BCUT2D eigenvalue weighted by Gasteiger charge is -2.23. The third-order valence-corrected chi connectivity index (χ3v) is 4.43. The quantitative estimate of drug-likeness (QED) is 0.734. The van der Waals surface area contributed by atoms with Gasteiger partial charge >= 0.3 is 6.09 Å². The highest BCUT2D eigenvalue weighted by Gasteiger charge is 2.50. The van der Waals surface area contributed by atoms with Crippen LogP contribution >= 0.6 is 11.6 Å². The summed E-state index contributed by atoms with van der Waals surface area (Å²) in [6.45, 7) is 0. The van der Waals surface area contributed by atoms with E-state index in [1.54, 1.807) is 6.20 Å². The Morgan fingerprint density at radius 3 is 3.11 bits per heavy atom. The van der Waals surface area contributed by atoms with Crippen LogP contribution < -0.4 is 0 Å². The number of ether oxygens (including phenoxy) is 1. The van der Waals surface area contributed by atoms with Gasteiger partial charge in [0.2, 0.25) is 0 Å².